The van der Waals surface area contributed by atoms with Crippen LogP contribution in [-0.4, -0.2) is 42.0 Å². The van der Waals surface area contributed by atoms with Gasteiger partial charge in [-0.15, -0.1) is 0 Å². The van der Waals surface area contributed by atoms with Crippen molar-refractivity contribution in [3.05, 3.63) is 22.4 Å². The Morgan fingerprint density at radius 2 is 2.06 bits per heavy atom. The summed E-state index contributed by atoms with van der Waals surface area (Å²) in [7, 11) is 0. The Bertz CT molecular complexity index is 383. The van der Waals surface area contributed by atoms with Gasteiger partial charge in [0.05, 0.1) is 0 Å². The summed E-state index contributed by atoms with van der Waals surface area (Å²) in [5, 5.41) is 2.95. The van der Waals surface area contributed by atoms with Crippen molar-refractivity contribution in [2.75, 3.05) is 26.2 Å². The number of hydrogen-bond acceptors (Lipinski definition) is 2. The molecule has 1 fully saturated rings. The summed E-state index contributed by atoms with van der Waals surface area (Å²) < 4.78 is 0.903. The highest BCUT2D eigenvalue weighted by Crippen LogP contribution is 2.10. The number of rotatable bonds is 4. The zero-order valence-corrected chi connectivity index (χ0v) is 12.1. The first-order chi connectivity index (χ1) is 8.75. The number of likely N-dealkylation sites (tertiary alicyclic amines) is 1. The van der Waals surface area contributed by atoms with E-state index < -0.39 is 0 Å². The van der Waals surface area contributed by atoms with E-state index in [4.69, 9.17) is 0 Å². The fraction of sp³-hybridized carbons (Fsp3) is 0.615. The van der Waals surface area contributed by atoms with Crippen molar-refractivity contribution in [1.82, 2.24) is 15.2 Å². The molecule has 2 rings (SSSR count). The predicted molar refractivity (Wildman–Crippen MR) is 75.7 cm³/mol. The summed E-state index contributed by atoms with van der Waals surface area (Å²) in [5.41, 5.74) is 0.609. The van der Waals surface area contributed by atoms with E-state index in [9.17, 15) is 4.79 Å². The minimum absolute atomic E-state index is 0.0319. The molecule has 2 N–H and O–H groups in total. The van der Waals surface area contributed by atoms with E-state index in [2.05, 4.69) is 31.1 Å². The molecular formula is C13H20BrN3O. The molecule has 1 aromatic rings. The van der Waals surface area contributed by atoms with E-state index in [1.807, 2.05) is 0 Å². The number of halogens is 1. The highest BCUT2D eigenvalue weighted by molar-refractivity contribution is 9.10. The van der Waals surface area contributed by atoms with Crippen molar-refractivity contribution >= 4 is 21.8 Å². The van der Waals surface area contributed by atoms with E-state index in [-0.39, 0.29) is 5.91 Å². The Balaban J connectivity index is 1.69. The number of aromatic amines is 1. The third-order valence-electron chi connectivity index (χ3n) is 3.30. The van der Waals surface area contributed by atoms with E-state index in [0.29, 0.717) is 5.69 Å². The Hall–Kier alpha value is -0.810. The van der Waals surface area contributed by atoms with Gasteiger partial charge in [0.2, 0.25) is 0 Å². The fourth-order valence-electron chi connectivity index (χ4n) is 2.28. The second-order valence-corrected chi connectivity index (χ2v) is 5.66. The Kier molecular flexibility index (Phi) is 5.26. The van der Waals surface area contributed by atoms with Crippen LogP contribution >= 0.6 is 15.9 Å². The molecule has 1 amide bonds. The highest BCUT2D eigenvalue weighted by Gasteiger charge is 2.10. The van der Waals surface area contributed by atoms with Crippen molar-refractivity contribution < 1.29 is 4.79 Å². The molecule has 1 aliphatic heterocycles. The number of aromatic nitrogens is 1. The fourth-order valence-corrected chi connectivity index (χ4v) is 2.62. The molecule has 1 aliphatic rings. The monoisotopic (exact) mass is 313 g/mol. The summed E-state index contributed by atoms with van der Waals surface area (Å²) >= 11 is 3.32. The zero-order chi connectivity index (χ0) is 12.8. The second kappa shape index (κ2) is 6.95. The molecule has 100 valence electrons. The third-order valence-corrected chi connectivity index (χ3v) is 3.76. The van der Waals surface area contributed by atoms with Gasteiger partial charge in [0.25, 0.3) is 5.91 Å². The van der Waals surface area contributed by atoms with Crippen LogP contribution < -0.4 is 5.32 Å². The lowest BCUT2D eigenvalue weighted by Gasteiger charge is -2.19. The number of nitrogens with one attached hydrogen (secondary N) is 2. The molecule has 1 aromatic heterocycles. The zero-order valence-electron chi connectivity index (χ0n) is 10.5. The average Bonchev–Trinajstić information content (AvgIpc) is 2.63. The van der Waals surface area contributed by atoms with Crippen molar-refractivity contribution in [3.63, 3.8) is 0 Å². The first kappa shape index (κ1) is 13.6. The van der Waals surface area contributed by atoms with Crippen LogP contribution in [0.2, 0.25) is 0 Å². The molecule has 0 aromatic carbocycles. The van der Waals surface area contributed by atoms with Gasteiger partial charge in [-0.25, -0.2) is 0 Å². The van der Waals surface area contributed by atoms with Gasteiger partial charge in [-0.2, -0.15) is 0 Å². The number of amides is 1. The molecule has 2 heterocycles. The highest BCUT2D eigenvalue weighted by atomic mass is 79.9. The van der Waals surface area contributed by atoms with Gasteiger partial charge < -0.3 is 15.2 Å². The van der Waals surface area contributed by atoms with Crippen molar-refractivity contribution in [3.8, 4) is 0 Å². The molecule has 0 saturated carbocycles. The molecule has 4 nitrogen and oxygen atoms in total. The van der Waals surface area contributed by atoms with Crippen LogP contribution in [-0.2, 0) is 0 Å². The molecule has 18 heavy (non-hydrogen) atoms. The quantitative estimate of drug-likeness (QED) is 0.896. The third kappa shape index (κ3) is 4.14. The van der Waals surface area contributed by atoms with Crippen LogP contribution in [0.3, 0.4) is 0 Å². The number of hydrogen-bond donors (Lipinski definition) is 2. The summed E-state index contributed by atoms with van der Waals surface area (Å²) in [4.78, 5) is 17.2. The lowest BCUT2D eigenvalue weighted by molar-refractivity contribution is 0.0944. The van der Waals surface area contributed by atoms with E-state index in [0.717, 1.165) is 17.6 Å². The average molecular weight is 314 g/mol. The largest absolute Gasteiger partial charge is 0.356 e. The molecule has 0 atom stereocenters. The summed E-state index contributed by atoms with van der Waals surface area (Å²) in [5.74, 6) is -0.0319. The van der Waals surface area contributed by atoms with Crippen molar-refractivity contribution in [2.24, 2.45) is 0 Å². The van der Waals surface area contributed by atoms with E-state index >= 15 is 0 Å². The van der Waals surface area contributed by atoms with Crippen molar-refractivity contribution in [2.45, 2.75) is 25.7 Å². The van der Waals surface area contributed by atoms with Crippen molar-refractivity contribution in [1.29, 1.82) is 0 Å². The summed E-state index contributed by atoms with van der Waals surface area (Å²) in [6.45, 7) is 4.01. The topological polar surface area (TPSA) is 48.1 Å². The van der Waals surface area contributed by atoms with Gasteiger partial charge in [0.1, 0.15) is 5.69 Å². The maximum absolute atomic E-state index is 11.8. The lowest BCUT2D eigenvalue weighted by atomic mass is 10.2. The predicted octanol–water partition coefficient (Wildman–Crippen LogP) is 2.38. The number of H-pyrrole nitrogens is 1. The van der Waals surface area contributed by atoms with Crippen LogP contribution in [0.5, 0.6) is 0 Å². The molecular weight excluding hydrogens is 294 g/mol. The van der Waals surface area contributed by atoms with Gasteiger partial charge in [0, 0.05) is 23.8 Å². The van der Waals surface area contributed by atoms with Gasteiger partial charge in [-0.05, 0) is 47.9 Å². The van der Waals surface area contributed by atoms with Crippen LogP contribution in [0.4, 0.5) is 0 Å². The molecule has 0 aliphatic carbocycles. The summed E-state index contributed by atoms with van der Waals surface area (Å²) in [6, 6.07) is 1.79. The maximum atomic E-state index is 11.8. The molecule has 1 saturated heterocycles. The second-order valence-electron chi connectivity index (χ2n) is 4.74. The van der Waals surface area contributed by atoms with Crippen LogP contribution in [0, 0.1) is 0 Å². The smallest absolute Gasteiger partial charge is 0.267 e. The minimum atomic E-state index is -0.0319. The molecule has 0 unspecified atom stereocenters. The molecule has 5 heteroatoms. The number of carbonyl (C=O) groups is 1. The number of nitrogens with zero attached hydrogens (tertiary/aromatic N) is 1. The van der Waals surface area contributed by atoms with Crippen LogP contribution in [0.25, 0.3) is 0 Å². The molecule has 0 radical (unpaired) electrons. The summed E-state index contributed by atoms with van der Waals surface area (Å²) in [6.07, 6.45) is 7.04. The van der Waals surface area contributed by atoms with Gasteiger partial charge >= 0.3 is 0 Å². The molecule has 0 bridgehead atoms. The van der Waals surface area contributed by atoms with E-state index in [1.165, 1.54) is 38.8 Å². The maximum Gasteiger partial charge on any atom is 0.267 e. The van der Waals surface area contributed by atoms with Gasteiger partial charge in [0.15, 0.2) is 0 Å². The Morgan fingerprint density at radius 3 is 2.67 bits per heavy atom. The van der Waals surface area contributed by atoms with Crippen LogP contribution in [0.1, 0.15) is 36.2 Å². The Morgan fingerprint density at radius 1 is 1.33 bits per heavy atom. The van der Waals surface area contributed by atoms with Crippen LogP contribution in [0.15, 0.2) is 16.7 Å². The SMILES string of the molecule is O=C(NCCN1CCCCCC1)c1cc(Br)c[nH]1. The van der Waals surface area contributed by atoms with Gasteiger partial charge in [-0.3, -0.25) is 4.79 Å². The first-order valence-corrected chi connectivity index (χ1v) is 7.39. The van der Waals surface area contributed by atoms with Gasteiger partial charge in [-0.1, -0.05) is 12.8 Å². The standard InChI is InChI=1S/C13H20BrN3O/c14-11-9-12(16-10-11)13(18)15-5-8-17-6-3-1-2-4-7-17/h9-10,16H,1-8H2,(H,15,18). The van der Waals surface area contributed by atoms with E-state index in [1.54, 1.807) is 12.3 Å². The first-order valence-electron chi connectivity index (χ1n) is 6.60. The number of carbonyl (C=O) groups excluding carboxylic acids is 1. The lowest BCUT2D eigenvalue weighted by Crippen LogP contribution is -2.35. The molecule has 0 spiro atoms. The normalized spacial score (nSPS) is 17.4. The minimum Gasteiger partial charge on any atom is -0.356 e. The Labute approximate surface area is 116 Å².